The molecule has 1 N–H and O–H groups in total. The van der Waals surface area contributed by atoms with Crippen LogP contribution in [0.5, 0.6) is 11.5 Å². The predicted octanol–water partition coefficient (Wildman–Crippen LogP) is 5.74. The molecule has 3 amide bonds. The molecule has 0 aromatic heterocycles. The first kappa shape index (κ1) is 25.9. The van der Waals surface area contributed by atoms with Gasteiger partial charge in [-0.05, 0) is 76.8 Å². The fraction of sp³-hybridized carbons (Fsp3) is 0.185. The zero-order valence-electron chi connectivity index (χ0n) is 20.2. The van der Waals surface area contributed by atoms with E-state index < -0.39 is 16.9 Å². The molecule has 3 aromatic rings. The Bertz CT molecular complexity index is 1390. The van der Waals surface area contributed by atoms with Gasteiger partial charge >= 0.3 is 6.03 Å². The molecule has 10 heteroatoms. The average molecular weight is 566 g/mol. The Hall–Kier alpha value is -4.18. The molecule has 0 bridgehead atoms. The summed E-state index contributed by atoms with van der Waals surface area (Å²) in [6, 6.07) is 16.7. The van der Waals surface area contributed by atoms with Crippen LogP contribution in [0.3, 0.4) is 0 Å². The van der Waals surface area contributed by atoms with Gasteiger partial charge in [0, 0.05) is 12.1 Å². The maximum absolute atomic E-state index is 13.0. The number of rotatable bonds is 9. The van der Waals surface area contributed by atoms with Crippen LogP contribution in [0.1, 0.15) is 29.2 Å². The molecule has 0 aliphatic carbocycles. The molecular weight excluding hydrogens is 542 g/mol. The topological polar surface area (TPSA) is 111 Å². The summed E-state index contributed by atoms with van der Waals surface area (Å²) in [5.74, 6) is 0.475. The molecule has 0 saturated carbocycles. The molecule has 1 aliphatic heterocycles. The Morgan fingerprint density at radius 1 is 1.05 bits per heavy atom. The third kappa shape index (κ3) is 6.15. The van der Waals surface area contributed by atoms with Gasteiger partial charge in [0.25, 0.3) is 11.6 Å². The number of carbonyl (C=O) groups is 2. The lowest BCUT2D eigenvalue weighted by atomic mass is 10.1. The molecule has 0 atom stereocenters. The summed E-state index contributed by atoms with van der Waals surface area (Å²) in [5, 5.41) is 13.5. The zero-order chi connectivity index (χ0) is 26.5. The minimum Gasteiger partial charge on any atom is -0.490 e. The van der Waals surface area contributed by atoms with Gasteiger partial charge in [-0.1, -0.05) is 29.8 Å². The van der Waals surface area contributed by atoms with Crippen molar-refractivity contribution in [1.29, 1.82) is 0 Å². The van der Waals surface area contributed by atoms with Crippen molar-refractivity contribution in [2.75, 3.05) is 6.61 Å². The normalized spacial score (nSPS) is 14.1. The highest BCUT2D eigenvalue weighted by atomic mass is 79.9. The van der Waals surface area contributed by atoms with E-state index >= 15 is 0 Å². The Morgan fingerprint density at radius 3 is 2.49 bits per heavy atom. The molecule has 3 aromatic carbocycles. The summed E-state index contributed by atoms with van der Waals surface area (Å²) in [6.45, 7) is 4.50. The van der Waals surface area contributed by atoms with Crippen molar-refractivity contribution < 1.29 is 24.0 Å². The van der Waals surface area contributed by atoms with Crippen molar-refractivity contribution in [2.45, 2.75) is 27.0 Å². The van der Waals surface area contributed by atoms with E-state index in [0.29, 0.717) is 28.1 Å². The summed E-state index contributed by atoms with van der Waals surface area (Å²) in [5.41, 5.74) is 3.44. The molecule has 1 saturated heterocycles. The van der Waals surface area contributed by atoms with Crippen LogP contribution in [0.2, 0.25) is 0 Å². The smallest absolute Gasteiger partial charge is 0.329 e. The minimum atomic E-state index is -0.482. The number of nitrogens with one attached hydrogen (secondary N) is 1. The number of urea groups is 1. The van der Waals surface area contributed by atoms with Crippen LogP contribution >= 0.6 is 15.9 Å². The second kappa shape index (κ2) is 11.3. The number of nitrogens with zero attached hydrogens (tertiary/aromatic N) is 2. The Labute approximate surface area is 222 Å². The first-order valence-electron chi connectivity index (χ1n) is 11.5. The maximum atomic E-state index is 13.0. The van der Waals surface area contributed by atoms with Gasteiger partial charge in [-0.15, -0.1) is 0 Å². The van der Waals surface area contributed by atoms with Gasteiger partial charge in [-0.25, -0.2) is 4.79 Å². The SMILES string of the molecule is CCOc1cc(/C=C2/NC(=O)N(Cc3cccc(C)c3)C2=O)cc(Br)c1OCc1ccc([N+](=O)[O-])cc1. The number of imide groups is 1. The van der Waals surface area contributed by atoms with Crippen LogP contribution in [0.25, 0.3) is 6.08 Å². The third-order valence-electron chi connectivity index (χ3n) is 5.56. The van der Waals surface area contributed by atoms with Crippen LogP contribution in [-0.4, -0.2) is 28.4 Å². The lowest BCUT2D eigenvalue weighted by Crippen LogP contribution is -2.30. The van der Waals surface area contributed by atoms with Gasteiger partial charge in [0.1, 0.15) is 12.3 Å². The van der Waals surface area contributed by atoms with Crippen molar-refractivity contribution in [2.24, 2.45) is 0 Å². The number of hydrogen-bond donors (Lipinski definition) is 1. The Morgan fingerprint density at radius 2 is 1.81 bits per heavy atom. The van der Waals surface area contributed by atoms with Crippen LogP contribution in [0.15, 0.2) is 70.8 Å². The largest absolute Gasteiger partial charge is 0.490 e. The van der Waals surface area contributed by atoms with E-state index in [9.17, 15) is 19.7 Å². The first-order chi connectivity index (χ1) is 17.7. The van der Waals surface area contributed by atoms with E-state index in [1.807, 2.05) is 38.1 Å². The summed E-state index contributed by atoms with van der Waals surface area (Å²) in [6.07, 6.45) is 1.59. The minimum absolute atomic E-state index is 0.00308. The van der Waals surface area contributed by atoms with E-state index in [2.05, 4.69) is 21.2 Å². The van der Waals surface area contributed by atoms with Crippen molar-refractivity contribution >= 4 is 39.6 Å². The maximum Gasteiger partial charge on any atom is 0.329 e. The van der Waals surface area contributed by atoms with E-state index in [1.54, 1.807) is 30.3 Å². The lowest BCUT2D eigenvalue weighted by molar-refractivity contribution is -0.384. The predicted molar refractivity (Wildman–Crippen MR) is 141 cm³/mol. The highest BCUT2D eigenvalue weighted by Gasteiger charge is 2.33. The number of nitro benzene ring substituents is 1. The molecule has 4 rings (SSSR count). The monoisotopic (exact) mass is 565 g/mol. The highest BCUT2D eigenvalue weighted by molar-refractivity contribution is 9.10. The van der Waals surface area contributed by atoms with Gasteiger partial charge in [0.2, 0.25) is 0 Å². The third-order valence-corrected chi connectivity index (χ3v) is 6.15. The second-order valence-electron chi connectivity index (χ2n) is 8.34. The molecule has 1 fully saturated rings. The fourth-order valence-electron chi connectivity index (χ4n) is 3.82. The average Bonchev–Trinajstić information content (AvgIpc) is 3.11. The lowest BCUT2D eigenvalue weighted by Gasteiger charge is -2.15. The molecule has 1 aliphatic rings. The summed E-state index contributed by atoms with van der Waals surface area (Å²) >= 11 is 3.51. The summed E-state index contributed by atoms with van der Waals surface area (Å²) in [4.78, 5) is 37.0. The first-order valence-corrected chi connectivity index (χ1v) is 12.3. The summed E-state index contributed by atoms with van der Waals surface area (Å²) < 4.78 is 12.3. The second-order valence-corrected chi connectivity index (χ2v) is 9.20. The van der Waals surface area contributed by atoms with Crippen molar-refractivity contribution in [3.05, 3.63) is 103 Å². The van der Waals surface area contributed by atoms with E-state index in [0.717, 1.165) is 16.7 Å². The van der Waals surface area contributed by atoms with Gasteiger partial charge < -0.3 is 14.8 Å². The van der Waals surface area contributed by atoms with Crippen LogP contribution < -0.4 is 14.8 Å². The molecule has 0 spiro atoms. The van der Waals surface area contributed by atoms with E-state index in [4.69, 9.17) is 9.47 Å². The Balaban J connectivity index is 1.53. The number of aryl methyl sites for hydroxylation is 1. The van der Waals surface area contributed by atoms with Gasteiger partial charge in [0.15, 0.2) is 11.5 Å². The number of amides is 3. The molecule has 190 valence electrons. The molecule has 1 heterocycles. The highest BCUT2D eigenvalue weighted by Crippen LogP contribution is 2.38. The van der Waals surface area contributed by atoms with Gasteiger partial charge in [-0.3, -0.25) is 19.8 Å². The molecular formula is C27H24BrN3O6. The quantitative estimate of drug-likeness (QED) is 0.153. The van der Waals surface area contributed by atoms with Crippen LogP contribution in [-0.2, 0) is 17.9 Å². The zero-order valence-corrected chi connectivity index (χ0v) is 21.8. The van der Waals surface area contributed by atoms with Crippen molar-refractivity contribution in [1.82, 2.24) is 10.2 Å². The van der Waals surface area contributed by atoms with E-state index in [1.165, 1.54) is 17.0 Å². The van der Waals surface area contributed by atoms with Crippen molar-refractivity contribution in [3.8, 4) is 11.5 Å². The molecule has 37 heavy (non-hydrogen) atoms. The number of non-ortho nitro benzene ring substituents is 1. The van der Waals surface area contributed by atoms with Crippen LogP contribution in [0.4, 0.5) is 10.5 Å². The number of benzene rings is 3. The molecule has 9 nitrogen and oxygen atoms in total. The summed E-state index contributed by atoms with van der Waals surface area (Å²) in [7, 11) is 0. The fourth-order valence-corrected chi connectivity index (χ4v) is 4.39. The van der Waals surface area contributed by atoms with E-state index in [-0.39, 0.29) is 24.5 Å². The molecule has 0 radical (unpaired) electrons. The number of carbonyl (C=O) groups excluding carboxylic acids is 2. The van der Waals surface area contributed by atoms with Crippen molar-refractivity contribution in [3.63, 3.8) is 0 Å². The molecule has 0 unspecified atom stereocenters. The Kier molecular flexibility index (Phi) is 7.88. The number of nitro groups is 1. The standard InChI is InChI=1S/C27H24BrN3O6/c1-3-36-24-14-20(12-22(28)25(24)37-16-18-7-9-21(10-8-18)31(34)35)13-23-26(32)30(27(33)29-23)15-19-6-4-5-17(2)11-19/h4-14H,3,15-16H2,1-2H3,(H,29,33)/b23-13+. The number of hydrogen-bond acceptors (Lipinski definition) is 6. The van der Waals surface area contributed by atoms with Gasteiger partial charge in [-0.2, -0.15) is 0 Å². The van der Waals surface area contributed by atoms with Gasteiger partial charge in [0.05, 0.1) is 22.5 Å². The number of halogens is 1. The number of ether oxygens (including phenoxy) is 2. The van der Waals surface area contributed by atoms with Crippen LogP contribution in [0, 0.1) is 17.0 Å².